The minimum atomic E-state index is -4.47. The van der Waals surface area contributed by atoms with Crippen molar-refractivity contribution in [1.82, 2.24) is 0 Å². The maximum atomic E-state index is 12.6. The molecule has 0 N–H and O–H groups in total. The van der Waals surface area contributed by atoms with Crippen LogP contribution in [0.4, 0.5) is 13.2 Å². The number of rotatable bonds is 2. The minimum Gasteiger partial charge on any atom is -0.166 e. The third-order valence-corrected chi connectivity index (χ3v) is 2.09. The predicted octanol–water partition coefficient (Wildman–Crippen LogP) is 4.35. The normalized spacial score (nSPS) is 15.9. The van der Waals surface area contributed by atoms with Crippen LogP contribution in [-0.4, -0.2) is 5.83 Å². The summed E-state index contributed by atoms with van der Waals surface area (Å²) in [5.41, 5.74) is -0.877. The quantitative estimate of drug-likeness (QED) is 0.670. The van der Waals surface area contributed by atoms with Crippen molar-refractivity contribution >= 4 is 17.7 Å². The van der Waals surface area contributed by atoms with Crippen LogP contribution in [-0.2, 0) is 6.18 Å². The Morgan fingerprint density at radius 1 is 1.47 bits per heavy atom. The molecule has 0 amide bonds. The molecule has 82 valence electrons. The molecule has 15 heavy (non-hydrogen) atoms. The second-order valence-corrected chi connectivity index (χ2v) is 3.20. The predicted molar refractivity (Wildman–Crippen MR) is 55.8 cm³/mol. The Labute approximate surface area is 94.2 Å². The number of hydrogen-bond acceptors (Lipinski definition) is 0. The Morgan fingerprint density at radius 2 is 2.07 bits per heavy atom. The summed E-state index contributed by atoms with van der Waals surface area (Å²) < 4.78 is 52.3. The van der Waals surface area contributed by atoms with E-state index in [1.165, 1.54) is 25.1 Å². The summed E-state index contributed by atoms with van der Waals surface area (Å²) in [6.07, 6.45) is -3.36. The standard InChI is InChI=1S/C11H10ClF3/c1-8(7-12)6-9-4-2-3-5-10(9)11(13,14)15/h2-6H,7H2,1H3/b8-6+/i7D2. The summed E-state index contributed by atoms with van der Waals surface area (Å²) in [6, 6.07) is 4.96. The summed E-state index contributed by atoms with van der Waals surface area (Å²) in [7, 11) is 0. The van der Waals surface area contributed by atoms with Gasteiger partial charge in [0.2, 0.25) is 0 Å². The summed E-state index contributed by atoms with van der Waals surface area (Å²) in [6.45, 7) is 1.35. The van der Waals surface area contributed by atoms with Crippen LogP contribution in [0.3, 0.4) is 0 Å². The van der Waals surface area contributed by atoms with E-state index in [1.807, 2.05) is 0 Å². The van der Waals surface area contributed by atoms with E-state index in [-0.39, 0.29) is 11.1 Å². The van der Waals surface area contributed by atoms with E-state index in [1.54, 1.807) is 0 Å². The molecule has 1 aromatic carbocycles. The fourth-order valence-electron chi connectivity index (χ4n) is 1.14. The van der Waals surface area contributed by atoms with Gasteiger partial charge in [-0.1, -0.05) is 29.8 Å². The van der Waals surface area contributed by atoms with Gasteiger partial charge in [-0.05, 0) is 18.6 Å². The van der Waals surface area contributed by atoms with Gasteiger partial charge in [0, 0.05) is 8.57 Å². The lowest BCUT2D eigenvalue weighted by atomic mass is 10.1. The molecule has 0 nitrogen and oxygen atoms in total. The minimum absolute atomic E-state index is 0.0240. The Hall–Kier alpha value is -0.960. The van der Waals surface area contributed by atoms with Crippen molar-refractivity contribution in [3.8, 4) is 0 Å². The monoisotopic (exact) mass is 236 g/mol. The highest BCUT2D eigenvalue weighted by molar-refractivity contribution is 6.19. The fraction of sp³-hybridized carbons (Fsp3) is 0.273. The molecule has 1 rings (SSSR count). The van der Waals surface area contributed by atoms with Gasteiger partial charge in [0.15, 0.2) is 0 Å². The Bertz CT molecular complexity index is 433. The van der Waals surface area contributed by atoms with E-state index in [2.05, 4.69) is 0 Å². The maximum Gasteiger partial charge on any atom is 0.416 e. The van der Waals surface area contributed by atoms with Gasteiger partial charge in [-0.3, -0.25) is 0 Å². The van der Waals surface area contributed by atoms with Crippen LogP contribution >= 0.6 is 11.6 Å². The van der Waals surface area contributed by atoms with E-state index in [0.717, 1.165) is 12.1 Å². The van der Waals surface area contributed by atoms with Gasteiger partial charge in [-0.15, -0.1) is 11.6 Å². The number of halogens is 4. The van der Waals surface area contributed by atoms with Crippen LogP contribution in [0.15, 0.2) is 29.8 Å². The Balaban J connectivity index is 3.25. The first-order valence-corrected chi connectivity index (χ1v) is 4.54. The highest BCUT2D eigenvalue weighted by Gasteiger charge is 2.32. The molecule has 0 bridgehead atoms. The Morgan fingerprint density at radius 3 is 2.60 bits per heavy atom. The van der Waals surface area contributed by atoms with E-state index in [4.69, 9.17) is 14.3 Å². The van der Waals surface area contributed by atoms with Gasteiger partial charge in [0.25, 0.3) is 0 Å². The zero-order chi connectivity index (χ0) is 13.3. The smallest absolute Gasteiger partial charge is 0.166 e. The van der Waals surface area contributed by atoms with Crippen LogP contribution < -0.4 is 0 Å². The average Bonchev–Trinajstić information content (AvgIpc) is 2.15. The van der Waals surface area contributed by atoms with Gasteiger partial charge in [0.05, 0.1) is 5.56 Å². The number of hydrogen-bond donors (Lipinski definition) is 0. The second kappa shape index (κ2) is 4.71. The van der Waals surface area contributed by atoms with Crippen molar-refractivity contribution in [2.45, 2.75) is 13.1 Å². The number of benzene rings is 1. The average molecular weight is 237 g/mol. The Kier molecular flexibility index (Phi) is 2.91. The van der Waals surface area contributed by atoms with Crippen molar-refractivity contribution in [3.05, 3.63) is 41.0 Å². The molecule has 0 unspecified atom stereocenters. The SMILES string of the molecule is [2H]C([2H])(Cl)/C(C)=C/c1ccccc1C(F)(F)F. The molecular formula is C11H10ClF3. The lowest BCUT2D eigenvalue weighted by Gasteiger charge is -2.10. The highest BCUT2D eigenvalue weighted by Crippen LogP contribution is 2.32. The fourth-order valence-corrected chi connectivity index (χ4v) is 1.20. The van der Waals surface area contributed by atoms with Gasteiger partial charge >= 0.3 is 6.18 Å². The van der Waals surface area contributed by atoms with Gasteiger partial charge in [-0.25, -0.2) is 0 Å². The van der Waals surface area contributed by atoms with Crippen LogP contribution in [0.1, 0.15) is 20.8 Å². The topological polar surface area (TPSA) is 0 Å². The first-order valence-electron chi connectivity index (χ1n) is 5.16. The molecule has 0 atom stereocenters. The summed E-state index contributed by atoms with van der Waals surface area (Å²) >= 11 is 5.38. The summed E-state index contributed by atoms with van der Waals surface area (Å²) in [4.78, 5) is 0. The molecule has 4 heteroatoms. The lowest BCUT2D eigenvalue weighted by molar-refractivity contribution is -0.137. The lowest BCUT2D eigenvalue weighted by Crippen LogP contribution is -2.07. The van der Waals surface area contributed by atoms with Gasteiger partial charge in [-0.2, -0.15) is 13.2 Å². The van der Waals surface area contributed by atoms with Crippen LogP contribution in [0.25, 0.3) is 6.08 Å². The largest absolute Gasteiger partial charge is 0.416 e. The second-order valence-electron chi connectivity index (χ2n) is 3.01. The van der Waals surface area contributed by atoms with Crippen molar-refractivity contribution < 1.29 is 15.9 Å². The van der Waals surface area contributed by atoms with Crippen molar-refractivity contribution in [2.75, 3.05) is 5.83 Å². The summed E-state index contributed by atoms with van der Waals surface area (Å²) in [5.74, 6) is -2.15. The molecule has 0 fully saturated rings. The van der Waals surface area contributed by atoms with Crippen LogP contribution in [0.5, 0.6) is 0 Å². The van der Waals surface area contributed by atoms with E-state index in [9.17, 15) is 13.2 Å². The highest BCUT2D eigenvalue weighted by atomic mass is 35.5. The molecule has 0 saturated heterocycles. The zero-order valence-corrected chi connectivity index (χ0v) is 8.65. The van der Waals surface area contributed by atoms with E-state index in [0.29, 0.717) is 0 Å². The number of alkyl halides is 4. The molecule has 0 radical (unpaired) electrons. The molecule has 0 heterocycles. The van der Waals surface area contributed by atoms with Crippen LogP contribution in [0, 0.1) is 0 Å². The first kappa shape index (κ1) is 9.28. The van der Waals surface area contributed by atoms with Gasteiger partial charge < -0.3 is 0 Å². The van der Waals surface area contributed by atoms with Crippen molar-refractivity contribution in [1.29, 1.82) is 0 Å². The summed E-state index contributed by atoms with van der Waals surface area (Å²) in [5, 5.41) is 0. The van der Waals surface area contributed by atoms with Crippen molar-refractivity contribution in [3.63, 3.8) is 0 Å². The first-order chi connectivity index (χ1) is 7.62. The molecule has 0 aliphatic carbocycles. The molecule has 0 aliphatic heterocycles. The maximum absolute atomic E-state index is 12.6. The third-order valence-electron chi connectivity index (χ3n) is 1.79. The van der Waals surface area contributed by atoms with Gasteiger partial charge in [0.1, 0.15) is 0 Å². The molecule has 1 aromatic rings. The molecule has 0 saturated carbocycles. The van der Waals surface area contributed by atoms with Crippen molar-refractivity contribution in [2.24, 2.45) is 0 Å². The molecular weight excluding hydrogens is 225 g/mol. The third kappa shape index (κ3) is 3.27. The number of allylic oxidation sites excluding steroid dienone is 1. The molecule has 0 spiro atoms. The van der Waals surface area contributed by atoms with E-state index >= 15 is 0 Å². The molecule has 0 aromatic heterocycles. The molecule has 0 aliphatic rings. The van der Waals surface area contributed by atoms with Crippen LogP contribution in [0.2, 0.25) is 0 Å². The van der Waals surface area contributed by atoms with E-state index < -0.39 is 17.6 Å². The zero-order valence-electron chi connectivity index (χ0n) is 9.90.